The summed E-state index contributed by atoms with van der Waals surface area (Å²) in [6.07, 6.45) is 1.17. The van der Waals surface area contributed by atoms with Crippen molar-refractivity contribution in [2.24, 2.45) is 0 Å². The Morgan fingerprint density at radius 1 is 1.08 bits per heavy atom. The quantitative estimate of drug-likeness (QED) is 0.772. The van der Waals surface area contributed by atoms with Crippen molar-refractivity contribution in [3.8, 4) is 0 Å². The first-order valence-electron chi connectivity index (χ1n) is 8.18. The van der Waals surface area contributed by atoms with Gasteiger partial charge in [0.25, 0.3) is 10.0 Å². The van der Waals surface area contributed by atoms with Crippen LogP contribution in [0.4, 0.5) is 5.69 Å². The molecule has 0 aliphatic carbocycles. The lowest BCUT2D eigenvalue weighted by molar-refractivity contribution is 0.149. The molecule has 0 saturated carbocycles. The summed E-state index contributed by atoms with van der Waals surface area (Å²) in [6.45, 7) is 5.46. The lowest BCUT2D eigenvalue weighted by Crippen LogP contribution is -2.45. The molecule has 1 N–H and O–H groups in total. The summed E-state index contributed by atoms with van der Waals surface area (Å²) in [5.74, 6) is 0.531. The molecular weight excluding hydrogens is 379 g/mol. The van der Waals surface area contributed by atoms with E-state index in [0.717, 1.165) is 19.6 Å². The van der Waals surface area contributed by atoms with Crippen molar-refractivity contribution < 1.29 is 8.42 Å². The SMILES string of the molecule is CCCN1CC(c2ccc(NS(=O)(=O)c3cc(Cl)cc(Cl)c3)cc2)C1. The van der Waals surface area contributed by atoms with Crippen LogP contribution in [0.15, 0.2) is 47.4 Å². The van der Waals surface area contributed by atoms with Gasteiger partial charge in [-0.25, -0.2) is 8.42 Å². The van der Waals surface area contributed by atoms with E-state index in [1.54, 1.807) is 12.1 Å². The standard InChI is InChI=1S/C18H20Cl2N2O2S/c1-2-7-22-11-14(12-22)13-3-5-17(6-4-13)21-25(23,24)18-9-15(19)8-16(20)10-18/h3-6,8-10,14,21H,2,7,11-12H2,1H3. The monoisotopic (exact) mass is 398 g/mol. The van der Waals surface area contributed by atoms with Crippen LogP contribution in [0.2, 0.25) is 10.0 Å². The minimum Gasteiger partial charge on any atom is -0.302 e. The third-order valence-electron chi connectivity index (χ3n) is 4.28. The van der Waals surface area contributed by atoms with Crippen molar-refractivity contribution in [2.45, 2.75) is 24.2 Å². The van der Waals surface area contributed by atoms with Crippen LogP contribution >= 0.6 is 23.2 Å². The van der Waals surface area contributed by atoms with E-state index in [0.29, 0.717) is 11.6 Å². The Hall–Kier alpha value is -1.27. The summed E-state index contributed by atoms with van der Waals surface area (Å²) >= 11 is 11.8. The summed E-state index contributed by atoms with van der Waals surface area (Å²) in [7, 11) is -3.73. The second-order valence-corrected chi connectivity index (χ2v) is 8.84. The lowest BCUT2D eigenvalue weighted by atomic mass is 9.91. The molecule has 1 saturated heterocycles. The maximum absolute atomic E-state index is 12.5. The van der Waals surface area contributed by atoms with Crippen LogP contribution in [0, 0.1) is 0 Å². The van der Waals surface area contributed by atoms with Crippen LogP contribution in [0.25, 0.3) is 0 Å². The summed E-state index contributed by atoms with van der Waals surface area (Å²) in [5.41, 5.74) is 1.76. The predicted octanol–water partition coefficient (Wildman–Crippen LogP) is 4.60. The van der Waals surface area contributed by atoms with E-state index in [9.17, 15) is 8.42 Å². The van der Waals surface area contributed by atoms with Crippen LogP contribution in [0.1, 0.15) is 24.8 Å². The van der Waals surface area contributed by atoms with Crippen molar-refractivity contribution in [1.29, 1.82) is 0 Å². The fraction of sp³-hybridized carbons (Fsp3) is 0.333. The summed E-state index contributed by atoms with van der Waals surface area (Å²) < 4.78 is 27.5. The van der Waals surface area contributed by atoms with Gasteiger partial charge < -0.3 is 4.90 Å². The van der Waals surface area contributed by atoms with E-state index < -0.39 is 10.0 Å². The van der Waals surface area contributed by atoms with Gasteiger partial charge >= 0.3 is 0 Å². The zero-order chi connectivity index (χ0) is 18.0. The van der Waals surface area contributed by atoms with Gasteiger partial charge in [-0.2, -0.15) is 0 Å². The number of halogens is 2. The number of sulfonamides is 1. The van der Waals surface area contributed by atoms with Crippen LogP contribution in [-0.2, 0) is 10.0 Å². The van der Waals surface area contributed by atoms with E-state index >= 15 is 0 Å². The second-order valence-electron chi connectivity index (χ2n) is 6.29. The van der Waals surface area contributed by atoms with Crippen molar-refractivity contribution in [2.75, 3.05) is 24.4 Å². The number of hydrogen-bond donors (Lipinski definition) is 1. The molecule has 2 aromatic carbocycles. The average molecular weight is 399 g/mol. The molecule has 1 aliphatic rings. The first-order valence-corrected chi connectivity index (χ1v) is 10.4. The zero-order valence-corrected chi connectivity index (χ0v) is 16.2. The molecule has 0 radical (unpaired) electrons. The molecule has 2 aromatic rings. The Morgan fingerprint density at radius 2 is 1.68 bits per heavy atom. The second kappa shape index (κ2) is 7.54. The maximum Gasteiger partial charge on any atom is 0.261 e. The molecule has 0 bridgehead atoms. The van der Waals surface area contributed by atoms with Gasteiger partial charge in [0.2, 0.25) is 0 Å². The topological polar surface area (TPSA) is 49.4 Å². The summed E-state index contributed by atoms with van der Waals surface area (Å²) in [4.78, 5) is 2.47. The first kappa shape index (κ1) is 18.5. The number of anilines is 1. The van der Waals surface area contributed by atoms with Crippen LogP contribution in [0.3, 0.4) is 0 Å². The third kappa shape index (κ3) is 4.47. The summed E-state index contributed by atoms with van der Waals surface area (Å²) in [6, 6.07) is 11.8. The van der Waals surface area contributed by atoms with Crippen molar-refractivity contribution in [1.82, 2.24) is 4.90 Å². The molecule has 1 fully saturated rings. The molecule has 7 heteroatoms. The lowest BCUT2D eigenvalue weighted by Gasteiger charge is -2.39. The molecule has 1 aliphatic heterocycles. The molecule has 1 heterocycles. The maximum atomic E-state index is 12.5. The Bertz CT molecular complexity index is 828. The molecule has 134 valence electrons. The average Bonchev–Trinajstić information content (AvgIpc) is 2.50. The number of hydrogen-bond acceptors (Lipinski definition) is 3. The van der Waals surface area contributed by atoms with Gasteiger partial charge in [0, 0.05) is 34.7 Å². The molecule has 0 atom stereocenters. The Balaban J connectivity index is 1.69. The smallest absolute Gasteiger partial charge is 0.261 e. The Morgan fingerprint density at radius 3 is 2.24 bits per heavy atom. The van der Waals surface area contributed by atoms with E-state index in [1.807, 2.05) is 12.1 Å². The van der Waals surface area contributed by atoms with Gasteiger partial charge in [-0.15, -0.1) is 0 Å². The highest BCUT2D eigenvalue weighted by Crippen LogP contribution is 2.29. The number of likely N-dealkylation sites (tertiary alicyclic amines) is 1. The predicted molar refractivity (Wildman–Crippen MR) is 103 cm³/mol. The molecule has 3 rings (SSSR count). The van der Waals surface area contributed by atoms with Crippen molar-refractivity contribution in [3.05, 3.63) is 58.1 Å². The normalized spacial score (nSPS) is 15.8. The van der Waals surface area contributed by atoms with E-state index in [1.165, 1.54) is 30.2 Å². The number of nitrogens with zero attached hydrogens (tertiary/aromatic N) is 1. The largest absolute Gasteiger partial charge is 0.302 e. The highest BCUT2D eigenvalue weighted by atomic mass is 35.5. The molecule has 4 nitrogen and oxygen atoms in total. The molecule has 0 aromatic heterocycles. The van der Waals surface area contributed by atoms with E-state index in [-0.39, 0.29) is 14.9 Å². The minimum absolute atomic E-state index is 0.0447. The van der Waals surface area contributed by atoms with Crippen molar-refractivity contribution >= 4 is 38.9 Å². The van der Waals surface area contributed by atoms with Gasteiger partial charge in [-0.3, -0.25) is 4.72 Å². The zero-order valence-electron chi connectivity index (χ0n) is 13.9. The number of rotatable bonds is 6. The van der Waals surface area contributed by atoms with E-state index in [4.69, 9.17) is 23.2 Å². The van der Waals surface area contributed by atoms with Crippen molar-refractivity contribution in [3.63, 3.8) is 0 Å². The van der Waals surface area contributed by atoms with Crippen LogP contribution < -0.4 is 4.72 Å². The fourth-order valence-electron chi connectivity index (χ4n) is 3.00. The van der Waals surface area contributed by atoms with Crippen LogP contribution in [-0.4, -0.2) is 33.0 Å². The Labute approximate surface area is 158 Å². The van der Waals surface area contributed by atoms with E-state index in [2.05, 4.69) is 16.5 Å². The molecule has 25 heavy (non-hydrogen) atoms. The highest BCUT2D eigenvalue weighted by molar-refractivity contribution is 7.92. The molecular formula is C18H20Cl2N2O2S. The molecule has 0 unspecified atom stereocenters. The van der Waals surface area contributed by atoms with Gasteiger partial charge in [-0.05, 0) is 48.9 Å². The number of nitrogens with one attached hydrogen (secondary N) is 1. The molecule has 0 spiro atoms. The minimum atomic E-state index is -3.73. The van der Waals surface area contributed by atoms with Crippen LogP contribution in [0.5, 0.6) is 0 Å². The highest BCUT2D eigenvalue weighted by Gasteiger charge is 2.27. The number of benzene rings is 2. The first-order chi connectivity index (χ1) is 11.9. The summed E-state index contributed by atoms with van der Waals surface area (Å²) in [5, 5.41) is 0.565. The van der Waals surface area contributed by atoms with Gasteiger partial charge in [-0.1, -0.05) is 42.3 Å². The molecule has 0 amide bonds. The van der Waals surface area contributed by atoms with Gasteiger partial charge in [0.15, 0.2) is 0 Å². The Kier molecular flexibility index (Phi) is 5.58. The fourth-order valence-corrected chi connectivity index (χ4v) is 4.78. The van der Waals surface area contributed by atoms with Gasteiger partial charge in [0.1, 0.15) is 0 Å². The van der Waals surface area contributed by atoms with Gasteiger partial charge in [0.05, 0.1) is 4.90 Å². The third-order valence-corrected chi connectivity index (χ3v) is 6.07.